The highest BCUT2D eigenvalue weighted by Crippen LogP contribution is 1.91. The lowest BCUT2D eigenvalue weighted by Gasteiger charge is -2.13. The number of rotatable bonds is 16. The fourth-order valence-corrected chi connectivity index (χ4v) is 2.00. The SMILES string of the molecule is CCNCCC(O)CNCCCCNCC(O)CCNC. The van der Waals surface area contributed by atoms with Gasteiger partial charge in [-0.1, -0.05) is 6.92 Å². The molecule has 0 aromatic rings. The molecule has 0 heterocycles. The summed E-state index contributed by atoms with van der Waals surface area (Å²) in [4.78, 5) is 0. The van der Waals surface area contributed by atoms with E-state index in [1.807, 2.05) is 7.05 Å². The molecule has 6 N–H and O–H groups in total. The zero-order chi connectivity index (χ0) is 15.8. The molecule has 0 aromatic carbocycles. The van der Waals surface area contributed by atoms with Crippen molar-refractivity contribution in [2.45, 2.75) is 44.8 Å². The van der Waals surface area contributed by atoms with E-state index >= 15 is 0 Å². The van der Waals surface area contributed by atoms with Crippen LogP contribution in [-0.4, -0.2) is 75.3 Å². The Kier molecular flexibility index (Phi) is 16.0. The van der Waals surface area contributed by atoms with Gasteiger partial charge in [-0.25, -0.2) is 0 Å². The minimum atomic E-state index is -0.262. The summed E-state index contributed by atoms with van der Waals surface area (Å²) in [6.07, 6.45) is 3.23. The average Bonchev–Trinajstić information content (AvgIpc) is 2.48. The largest absolute Gasteiger partial charge is 0.392 e. The van der Waals surface area contributed by atoms with Gasteiger partial charge in [0.2, 0.25) is 0 Å². The molecule has 0 spiro atoms. The maximum atomic E-state index is 9.70. The van der Waals surface area contributed by atoms with E-state index in [0.717, 1.165) is 58.4 Å². The van der Waals surface area contributed by atoms with Crippen LogP contribution in [0.25, 0.3) is 0 Å². The summed E-state index contributed by atoms with van der Waals surface area (Å²) in [7, 11) is 1.89. The molecular formula is C15H36N4O2. The van der Waals surface area contributed by atoms with Crippen molar-refractivity contribution in [3.63, 3.8) is 0 Å². The van der Waals surface area contributed by atoms with Crippen LogP contribution in [0, 0.1) is 0 Å². The molecule has 6 nitrogen and oxygen atoms in total. The van der Waals surface area contributed by atoms with E-state index in [9.17, 15) is 10.2 Å². The van der Waals surface area contributed by atoms with Crippen LogP contribution in [0.5, 0.6) is 0 Å². The molecule has 0 amide bonds. The number of nitrogens with one attached hydrogen (secondary N) is 4. The molecule has 0 aliphatic carbocycles. The summed E-state index contributed by atoms with van der Waals surface area (Å²) in [5.41, 5.74) is 0. The van der Waals surface area contributed by atoms with Gasteiger partial charge in [0.05, 0.1) is 12.2 Å². The smallest absolute Gasteiger partial charge is 0.0676 e. The maximum Gasteiger partial charge on any atom is 0.0676 e. The van der Waals surface area contributed by atoms with Gasteiger partial charge in [0.25, 0.3) is 0 Å². The Morgan fingerprint density at radius 1 is 0.762 bits per heavy atom. The van der Waals surface area contributed by atoms with Gasteiger partial charge in [0, 0.05) is 13.1 Å². The summed E-state index contributed by atoms with van der Waals surface area (Å²) in [5, 5.41) is 32.1. The van der Waals surface area contributed by atoms with Crippen LogP contribution in [0.2, 0.25) is 0 Å². The number of hydrogen-bond donors (Lipinski definition) is 6. The van der Waals surface area contributed by atoms with E-state index in [2.05, 4.69) is 28.2 Å². The van der Waals surface area contributed by atoms with Crippen LogP contribution in [0.3, 0.4) is 0 Å². The number of unbranched alkanes of at least 4 members (excludes halogenated alkanes) is 1. The molecule has 0 radical (unpaired) electrons. The molecular weight excluding hydrogens is 268 g/mol. The van der Waals surface area contributed by atoms with E-state index < -0.39 is 0 Å². The minimum Gasteiger partial charge on any atom is -0.392 e. The van der Waals surface area contributed by atoms with Crippen molar-refractivity contribution in [3.05, 3.63) is 0 Å². The van der Waals surface area contributed by atoms with Crippen LogP contribution in [0.1, 0.15) is 32.6 Å². The van der Waals surface area contributed by atoms with Crippen molar-refractivity contribution < 1.29 is 10.2 Å². The van der Waals surface area contributed by atoms with Crippen molar-refractivity contribution in [3.8, 4) is 0 Å². The quantitative estimate of drug-likeness (QED) is 0.211. The van der Waals surface area contributed by atoms with Gasteiger partial charge >= 0.3 is 0 Å². The van der Waals surface area contributed by atoms with Crippen molar-refractivity contribution in [2.75, 3.05) is 52.9 Å². The van der Waals surface area contributed by atoms with Gasteiger partial charge in [-0.15, -0.1) is 0 Å². The van der Waals surface area contributed by atoms with Gasteiger partial charge < -0.3 is 31.5 Å². The first-order chi connectivity index (χ1) is 10.2. The highest BCUT2D eigenvalue weighted by atomic mass is 16.3. The first-order valence-electron chi connectivity index (χ1n) is 8.33. The summed E-state index contributed by atoms with van der Waals surface area (Å²) in [6, 6.07) is 0. The topological polar surface area (TPSA) is 88.6 Å². The summed E-state index contributed by atoms with van der Waals surface area (Å²) in [6.45, 7) is 7.94. The summed E-state index contributed by atoms with van der Waals surface area (Å²) < 4.78 is 0. The molecule has 0 rings (SSSR count). The van der Waals surface area contributed by atoms with Crippen LogP contribution in [0.15, 0.2) is 0 Å². The van der Waals surface area contributed by atoms with Gasteiger partial charge in [0.15, 0.2) is 0 Å². The normalized spacial score (nSPS) is 14.3. The molecule has 6 heteroatoms. The fourth-order valence-electron chi connectivity index (χ4n) is 2.00. The predicted octanol–water partition coefficient (Wildman–Crippen LogP) is -0.723. The third-order valence-electron chi connectivity index (χ3n) is 3.35. The second-order valence-corrected chi connectivity index (χ2v) is 5.46. The molecule has 2 atom stereocenters. The molecule has 0 aliphatic rings. The number of hydrogen-bond acceptors (Lipinski definition) is 6. The van der Waals surface area contributed by atoms with Crippen molar-refractivity contribution in [1.82, 2.24) is 21.3 Å². The standard InChI is InChI=1S/C15H36N4O2/c1-3-17-11-7-15(21)13-19-9-5-4-8-18-12-14(20)6-10-16-2/h14-21H,3-13H2,1-2H3. The molecule has 0 saturated heterocycles. The highest BCUT2D eigenvalue weighted by molar-refractivity contribution is 4.63. The third kappa shape index (κ3) is 16.0. The van der Waals surface area contributed by atoms with Crippen molar-refractivity contribution in [1.29, 1.82) is 0 Å². The van der Waals surface area contributed by atoms with Gasteiger partial charge in [-0.05, 0) is 65.5 Å². The molecule has 2 unspecified atom stereocenters. The number of aliphatic hydroxyl groups is 2. The van der Waals surface area contributed by atoms with Crippen molar-refractivity contribution >= 4 is 0 Å². The third-order valence-corrected chi connectivity index (χ3v) is 3.35. The van der Waals surface area contributed by atoms with E-state index in [4.69, 9.17) is 0 Å². The van der Waals surface area contributed by atoms with Crippen LogP contribution in [-0.2, 0) is 0 Å². The second-order valence-electron chi connectivity index (χ2n) is 5.46. The Balaban J connectivity index is 3.18. The Hall–Kier alpha value is -0.240. The summed E-state index contributed by atoms with van der Waals surface area (Å²) in [5.74, 6) is 0. The monoisotopic (exact) mass is 304 g/mol. The molecule has 21 heavy (non-hydrogen) atoms. The molecule has 0 fully saturated rings. The zero-order valence-electron chi connectivity index (χ0n) is 13.8. The lowest BCUT2D eigenvalue weighted by Crippen LogP contribution is -2.31. The highest BCUT2D eigenvalue weighted by Gasteiger charge is 2.03. The van der Waals surface area contributed by atoms with Crippen LogP contribution in [0.4, 0.5) is 0 Å². The lowest BCUT2D eigenvalue weighted by atomic mass is 10.2. The van der Waals surface area contributed by atoms with E-state index in [-0.39, 0.29) is 12.2 Å². The second kappa shape index (κ2) is 16.1. The van der Waals surface area contributed by atoms with Crippen LogP contribution < -0.4 is 21.3 Å². The Morgan fingerprint density at radius 2 is 1.29 bits per heavy atom. The molecule has 128 valence electrons. The number of aliphatic hydroxyl groups excluding tert-OH is 2. The maximum absolute atomic E-state index is 9.70. The molecule has 0 aromatic heterocycles. The predicted molar refractivity (Wildman–Crippen MR) is 88.7 cm³/mol. The van der Waals surface area contributed by atoms with Gasteiger partial charge in [-0.2, -0.15) is 0 Å². The lowest BCUT2D eigenvalue weighted by molar-refractivity contribution is 0.160. The zero-order valence-corrected chi connectivity index (χ0v) is 13.8. The minimum absolute atomic E-state index is 0.260. The van der Waals surface area contributed by atoms with E-state index in [1.54, 1.807) is 0 Å². The average molecular weight is 304 g/mol. The molecule has 0 aliphatic heterocycles. The van der Waals surface area contributed by atoms with Gasteiger partial charge in [0.1, 0.15) is 0 Å². The Morgan fingerprint density at radius 3 is 1.76 bits per heavy atom. The van der Waals surface area contributed by atoms with Crippen molar-refractivity contribution in [2.24, 2.45) is 0 Å². The fraction of sp³-hybridized carbons (Fsp3) is 1.00. The van der Waals surface area contributed by atoms with Gasteiger partial charge in [-0.3, -0.25) is 0 Å². The first-order valence-corrected chi connectivity index (χ1v) is 8.33. The van der Waals surface area contributed by atoms with E-state index in [1.165, 1.54) is 0 Å². The molecule has 0 saturated carbocycles. The van der Waals surface area contributed by atoms with Crippen LogP contribution >= 0.6 is 0 Å². The van der Waals surface area contributed by atoms with E-state index in [0.29, 0.717) is 13.1 Å². The Labute approximate surface area is 130 Å². The summed E-state index contributed by atoms with van der Waals surface area (Å²) >= 11 is 0. The Bertz CT molecular complexity index is 208. The first kappa shape index (κ1) is 20.8. The molecule has 0 bridgehead atoms.